The highest BCUT2D eigenvalue weighted by Gasteiger charge is 2.21. The Bertz CT molecular complexity index is 1100. The van der Waals surface area contributed by atoms with Crippen LogP contribution in [0.1, 0.15) is 5.69 Å². The Morgan fingerprint density at radius 3 is 2.60 bits per heavy atom. The molecule has 2 N–H and O–H groups in total. The van der Waals surface area contributed by atoms with Crippen molar-refractivity contribution in [2.24, 2.45) is 0 Å². The fourth-order valence-corrected chi connectivity index (χ4v) is 3.39. The van der Waals surface area contributed by atoms with Gasteiger partial charge in [-0.2, -0.15) is 4.52 Å². The van der Waals surface area contributed by atoms with Crippen molar-refractivity contribution in [1.82, 2.24) is 19.6 Å². The summed E-state index contributed by atoms with van der Waals surface area (Å²) in [6.45, 7) is 1.52. The van der Waals surface area contributed by atoms with Gasteiger partial charge < -0.3 is 9.47 Å². The lowest BCUT2D eigenvalue weighted by atomic mass is 10.3. The van der Waals surface area contributed by atoms with E-state index in [0.29, 0.717) is 5.75 Å². The van der Waals surface area contributed by atoms with Gasteiger partial charge in [0.1, 0.15) is 12.0 Å². The zero-order chi connectivity index (χ0) is 18.2. The number of hydrogen-bond donors (Lipinski definition) is 2. The second-order valence-electron chi connectivity index (χ2n) is 5.02. The maximum Gasteiger partial charge on any atom is 0.298 e. The summed E-state index contributed by atoms with van der Waals surface area (Å²) in [5.74, 6) is 0.788. The highest BCUT2D eigenvalue weighted by Crippen LogP contribution is 2.30. The number of fused-ring (bicyclic) bond motifs is 1. The lowest BCUT2D eigenvalue weighted by molar-refractivity contribution is 0.354. The number of nitrogens with one attached hydrogen (secondary N) is 2. The van der Waals surface area contributed by atoms with E-state index >= 15 is 0 Å². The van der Waals surface area contributed by atoms with Gasteiger partial charge in [0, 0.05) is 6.07 Å². The third-order valence-corrected chi connectivity index (χ3v) is 4.86. The largest absolute Gasteiger partial charge is 0.493 e. The molecule has 0 fully saturated rings. The normalized spacial score (nSPS) is 11.5. The quantitative estimate of drug-likeness (QED) is 0.675. The summed E-state index contributed by atoms with van der Waals surface area (Å²) < 4.78 is 38.8. The number of methoxy groups -OCH3 is 2. The average molecular weight is 365 g/mol. The molecular weight excluding hydrogens is 350 g/mol. The molecule has 0 bridgehead atoms. The molecule has 0 spiro atoms. The Morgan fingerprint density at radius 2 is 1.92 bits per heavy atom. The summed E-state index contributed by atoms with van der Waals surface area (Å²) in [6.07, 6.45) is 1.29. The molecule has 2 aromatic heterocycles. The van der Waals surface area contributed by atoms with Crippen LogP contribution in [0, 0.1) is 6.92 Å². The molecule has 25 heavy (non-hydrogen) atoms. The van der Waals surface area contributed by atoms with Gasteiger partial charge >= 0.3 is 0 Å². The monoisotopic (exact) mass is 365 g/mol. The van der Waals surface area contributed by atoms with Crippen molar-refractivity contribution < 1.29 is 17.9 Å². The molecule has 0 radical (unpaired) electrons. The topological polar surface area (TPSA) is 128 Å². The van der Waals surface area contributed by atoms with Crippen molar-refractivity contribution in [2.45, 2.75) is 11.8 Å². The van der Waals surface area contributed by atoms with Gasteiger partial charge in [-0.05, 0) is 19.1 Å². The molecule has 3 aromatic rings. The lowest BCUT2D eigenvalue weighted by Gasteiger charge is -2.12. The fraction of sp³-hybridized carbons (Fsp3) is 0.214. The number of hydrogen-bond acceptors (Lipinski definition) is 7. The van der Waals surface area contributed by atoms with E-state index in [2.05, 4.69) is 19.8 Å². The predicted molar refractivity (Wildman–Crippen MR) is 88.7 cm³/mol. The predicted octanol–water partition coefficient (Wildman–Crippen LogP) is 0.544. The molecule has 132 valence electrons. The van der Waals surface area contributed by atoms with Crippen LogP contribution in [0.15, 0.2) is 34.2 Å². The summed E-state index contributed by atoms with van der Waals surface area (Å²) in [5.41, 5.74) is -0.568. The molecule has 2 heterocycles. The maximum absolute atomic E-state index is 12.6. The molecule has 0 aliphatic rings. The summed E-state index contributed by atoms with van der Waals surface area (Å²) in [5, 5.41) is 2.57. The van der Waals surface area contributed by atoms with E-state index in [1.165, 1.54) is 45.7 Å². The molecule has 0 amide bonds. The van der Waals surface area contributed by atoms with E-state index < -0.39 is 15.6 Å². The fourth-order valence-electron chi connectivity index (χ4n) is 2.26. The summed E-state index contributed by atoms with van der Waals surface area (Å²) in [7, 11) is -1.20. The Labute approximate surface area is 142 Å². The Balaban J connectivity index is 2.07. The molecule has 0 atom stereocenters. The maximum atomic E-state index is 12.6. The van der Waals surface area contributed by atoms with Crippen LogP contribution in [0.2, 0.25) is 0 Å². The van der Waals surface area contributed by atoms with Gasteiger partial charge in [-0.3, -0.25) is 14.6 Å². The first-order valence-electron chi connectivity index (χ1n) is 7.05. The molecule has 3 rings (SSSR count). The van der Waals surface area contributed by atoms with Gasteiger partial charge in [-0.1, -0.05) is 0 Å². The molecule has 0 aliphatic heterocycles. The SMILES string of the molecule is COc1ccc(S(=O)(=O)Nc2c(C)nc3nc[nH]n3c2=O)cc1OC. The van der Waals surface area contributed by atoms with Crippen LogP contribution in [0.3, 0.4) is 0 Å². The molecule has 0 saturated heterocycles. The standard InChI is InChI=1S/C14H15N5O5S/c1-8-12(13(20)19-14(17-8)15-7-16-19)18-25(21,22)9-4-5-10(23-2)11(6-9)24-3/h4-7,18H,1-3H3,(H,15,16,17). The number of nitrogens with zero attached hydrogens (tertiary/aromatic N) is 3. The van der Waals surface area contributed by atoms with Crippen molar-refractivity contribution in [2.75, 3.05) is 18.9 Å². The number of benzene rings is 1. The number of aryl methyl sites for hydroxylation is 1. The third-order valence-electron chi connectivity index (χ3n) is 3.52. The van der Waals surface area contributed by atoms with Crippen molar-refractivity contribution in [1.29, 1.82) is 0 Å². The minimum absolute atomic E-state index is 0.0846. The van der Waals surface area contributed by atoms with Gasteiger partial charge in [0.15, 0.2) is 11.5 Å². The van der Waals surface area contributed by atoms with Gasteiger partial charge in [-0.15, -0.1) is 0 Å². The zero-order valence-electron chi connectivity index (χ0n) is 13.6. The van der Waals surface area contributed by atoms with Crippen LogP contribution in [0.25, 0.3) is 5.78 Å². The van der Waals surface area contributed by atoms with Gasteiger partial charge in [0.05, 0.1) is 24.8 Å². The molecule has 0 unspecified atom stereocenters. The van der Waals surface area contributed by atoms with E-state index in [1.807, 2.05) is 0 Å². The van der Waals surface area contributed by atoms with E-state index in [1.54, 1.807) is 0 Å². The van der Waals surface area contributed by atoms with Gasteiger partial charge in [0.2, 0.25) is 0 Å². The first-order chi connectivity index (χ1) is 11.9. The van der Waals surface area contributed by atoms with Crippen molar-refractivity contribution in [3.05, 3.63) is 40.6 Å². The van der Waals surface area contributed by atoms with Gasteiger partial charge in [-0.25, -0.2) is 18.4 Å². The second-order valence-corrected chi connectivity index (χ2v) is 6.70. The number of rotatable bonds is 5. The summed E-state index contributed by atoms with van der Waals surface area (Å²) in [4.78, 5) is 20.3. The Kier molecular flexibility index (Phi) is 4.08. The second kappa shape index (κ2) is 6.09. The zero-order valence-corrected chi connectivity index (χ0v) is 14.4. The molecule has 10 nitrogen and oxygen atoms in total. The first-order valence-corrected chi connectivity index (χ1v) is 8.53. The van der Waals surface area contributed by atoms with Crippen molar-refractivity contribution in [3.63, 3.8) is 0 Å². The number of H-pyrrole nitrogens is 1. The van der Waals surface area contributed by atoms with Crippen LogP contribution in [0.4, 0.5) is 5.69 Å². The van der Waals surface area contributed by atoms with Crippen molar-refractivity contribution >= 4 is 21.5 Å². The number of aromatic nitrogens is 4. The molecule has 0 saturated carbocycles. The van der Waals surface area contributed by atoms with Crippen molar-refractivity contribution in [3.8, 4) is 11.5 Å². The van der Waals surface area contributed by atoms with Gasteiger partial charge in [0.25, 0.3) is 21.4 Å². The lowest BCUT2D eigenvalue weighted by Crippen LogP contribution is -2.25. The van der Waals surface area contributed by atoms with Crippen LogP contribution < -0.4 is 19.8 Å². The minimum Gasteiger partial charge on any atom is -0.493 e. The van der Waals surface area contributed by atoms with E-state index in [0.717, 1.165) is 4.52 Å². The van der Waals surface area contributed by atoms with E-state index in [4.69, 9.17) is 9.47 Å². The molecule has 11 heteroatoms. The highest BCUT2D eigenvalue weighted by atomic mass is 32.2. The molecule has 1 aromatic carbocycles. The van der Waals surface area contributed by atoms with Crippen LogP contribution in [0.5, 0.6) is 11.5 Å². The summed E-state index contributed by atoms with van der Waals surface area (Å²) in [6, 6.07) is 4.11. The minimum atomic E-state index is -4.04. The van der Waals surface area contributed by atoms with E-state index in [9.17, 15) is 13.2 Å². The molecule has 0 aliphatic carbocycles. The third kappa shape index (κ3) is 2.89. The van der Waals surface area contributed by atoms with E-state index in [-0.39, 0.29) is 27.8 Å². The number of anilines is 1. The molecular formula is C14H15N5O5S. The van der Waals surface area contributed by atoms with Crippen LogP contribution in [-0.4, -0.2) is 42.2 Å². The Hall–Kier alpha value is -3.08. The first kappa shape index (κ1) is 16.8. The average Bonchev–Trinajstić information content (AvgIpc) is 3.06. The summed E-state index contributed by atoms with van der Waals surface area (Å²) >= 11 is 0. The highest BCUT2D eigenvalue weighted by molar-refractivity contribution is 7.92. The van der Waals surface area contributed by atoms with Crippen LogP contribution in [-0.2, 0) is 10.0 Å². The smallest absolute Gasteiger partial charge is 0.298 e. The number of sulfonamides is 1. The number of aromatic amines is 1. The van der Waals surface area contributed by atoms with Crippen LogP contribution >= 0.6 is 0 Å². The Morgan fingerprint density at radius 1 is 1.20 bits per heavy atom. The number of ether oxygens (including phenoxy) is 2.